The van der Waals surface area contributed by atoms with Crippen molar-refractivity contribution in [1.82, 2.24) is 5.32 Å². The van der Waals surface area contributed by atoms with E-state index in [2.05, 4.69) is 5.32 Å². The summed E-state index contributed by atoms with van der Waals surface area (Å²) in [5, 5.41) is 12.0. The molecule has 0 saturated heterocycles. The van der Waals surface area contributed by atoms with Gasteiger partial charge in [-0.25, -0.2) is 0 Å². The van der Waals surface area contributed by atoms with Gasteiger partial charge in [-0.3, -0.25) is 9.59 Å². The molecule has 0 aliphatic heterocycles. The highest BCUT2D eigenvalue weighted by atomic mass is 16.4. The fourth-order valence-corrected chi connectivity index (χ4v) is 2.33. The summed E-state index contributed by atoms with van der Waals surface area (Å²) in [5.74, 6) is -0.926. The molecule has 1 fully saturated rings. The summed E-state index contributed by atoms with van der Waals surface area (Å²) in [5.41, 5.74) is -0.796. The van der Waals surface area contributed by atoms with Crippen molar-refractivity contribution in [3.05, 3.63) is 0 Å². The predicted molar refractivity (Wildman–Crippen MR) is 61.1 cm³/mol. The fourth-order valence-electron chi connectivity index (χ4n) is 2.33. The number of carbonyl (C=O) groups excluding carboxylic acids is 1. The first kappa shape index (κ1) is 13.0. The minimum atomic E-state index is -0.807. The van der Waals surface area contributed by atoms with Crippen LogP contribution in [0.2, 0.25) is 0 Å². The van der Waals surface area contributed by atoms with Gasteiger partial charge in [-0.2, -0.15) is 0 Å². The minimum Gasteiger partial charge on any atom is -0.481 e. The molecule has 1 amide bonds. The van der Waals surface area contributed by atoms with E-state index in [0.717, 1.165) is 25.7 Å². The number of hydrogen-bond acceptors (Lipinski definition) is 2. The van der Waals surface area contributed by atoms with Crippen LogP contribution in [-0.4, -0.2) is 23.5 Å². The number of carbonyl (C=O) groups is 2. The molecule has 1 rings (SSSR count). The van der Waals surface area contributed by atoms with Gasteiger partial charge in [0.2, 0.25) is 5.91 Å². The second-order valence-electron chi connectivity index (χ2n) is 4.67. The zero-order valence-corrected chi connectivity index (χ0v) is 9.92. The fraction of sp³-hybridized carbons (Fsp3) is 0.833. The molecular formula is C12H21NO3. The number of rotatable bonds is 5. The van der Waals surface area contributed by atoms with Crippen LogP contribution in [0.25, 0.3) is 0 Å². The van der Waals surface area contributed by atoms with E-state index in [0.29, 0.717) is 19.4 Å². The van der Waals surface area contributed by atoms with E-state index >= 15 is 0 Å². The second kappa shape index (κ2) is 5.87. The van der Waals surface area contributed by atoms with E-state index in [9.17, 15) is 14.7 Å². The molecule has 16 heavy (non-hydrogen) atoms. The third-order valence-corrected chi connectivity index (χ3v) is 3.34. The first-order chi connectivity index (χ1) is 7.60. The Morgan fingerprint density at radius 1 is 1.25 bits per heavy atom. The lowest BCUT2D eigenvalue weighted by atomic mass is 9.71. The Morgan fingerprint density at radius 2 is 1.88 bits per heavy atom. The van der Waals surface area contributed by atoms with E-state index in [1.54, 1.807) is 0 Å². The lowest BCUT2D eigenvalue weighted by molar-refractivity contribution is -0.154. The number of carboxylic acids is 1. The normalized spacial score (nSPS) is 19.1. The maximum Gasteiger partial charge on any atom is 0.310 e. The van der Waals surface area contributed by atoms with Crippen molar-refractivity contribution in [1.29, 1.82) is 0 Å². The Morgan fingerprint density at radius 3 is 2.38 bits per heavy atom. The van der Waals surface area contributed by atoms with Crippen molar-refractivity contribution in [2.24, 2.45) is 5.41 Å². The Bertz CT molecular complexity index is 257. The number of aliphatic carboxylic acids is 1. The van der Waals surface area contributed by atoms with Crippen LogP contribution in [0.15, 0.2) is 0 Å². The summed E-state index contributed by atoms with van der Waals surface area (Å²) in [6, 6.07) is 0. The summed E-state index contributed by atoms with van der Waals surface area (Å²) in [7, 11) is 0. The monoisotopic (exact) mass is 227 g/mol. The van der Waals surface area contributed by atoms with Crippen LogP contribution in [-0.2, 0) is 9.59 Å². The standard InChI is InChI=1S/C12H21NO3/c1-2-8-13-10(14)9-12(11(15)16)6-4-3-5-7-12/h2-9H2,1H3,(H,13,14)(H,15,16). The molecule has 0 radical (unpaired) electrons. The van der Waals surface area contributed by atoms with Gasteiger partial charge in [0.25, 0.3) is 0 Å². The van der Waals surface area contributed by atoms with Gasteiger partial charge < -0.3 is 10.4 Å². The second-order valence-corrected chi connectivity index (χ2v) is 4.67. The molecule has 0 heterocycles. The molecule has 0 aromatic carbocycles. The first-order valence-electron chi connectivity index (χ1n) is 6.11. The largest absolute Gasteiger partial charge is 0.481 e. The Hall–Kier alpha value is -1.06. The van der Waals surface area contributed by atoms with Crippen molar-refractivity contribution in [2.45, 2.75) is 51.9 Å². The van der Waals surface area contributed by atoms with Crippen LogP contribution in [0.1, 0.15) is 51.9 Å². The molecule has 92 valence electrons. The van der Waals surface area contributed by atoms with E-state index < -0.39 is 11.4 Å². The lowest BCUT2D eigenvalue weighted by Gasteiger charge is -2.32. The maximum absolute atomic E-state index is 11.6. The van der Waals surface area contributed by atoms with Crippen LogP contribution in [0.5, 0.6) is 0 Å². The SMILES string of the molecule is CCCNC(=O)CC1(C(=O)O)CCCCC1. The van der Waals surface area contributed by atoms with Crippen LogP contribution in [0.4, 0.5) is 0 Å². The topological polar surface area (TPSA) is 66.4 Å². The lowest BCUT2D eigenvalue weighted by Crippen LogP contribution is -2.39. The van der Waals surface area contributed by atoms with Gasteiger partial charge >= 0.3 is 5.97 Å². The molecule has 0 atom stereocenters. The van der Waals surface area contributed by atoms with Crippen LogP contribution in [0.3, 0.4) is 0 Å². The molecule has 0 unspecified atom stereocenters. The zero-order chi connectivity index (χ0) is 12.0. The van der Waals surface area contributed by atoms with E-state index in [-0.39, 0.29) is 12.3 Å². The summed E-state index contributed by atoms with van der Waals surface area (Å²) in [6.07, 6.45) is 5.24. The first-order valence-corrected chi connectivity index (χ1v) is 6.11. The molecule has 1 aliphatic rings. The van der Waals surface area contributed by atoms with Crippen molar-refractivity contribution >= 4 is 11.9 Å². The van der Waals surface area contributed by atoms with Crippen LogP contribution >= 0.6 is 0 Å². The quantitative estimate of drug-likeness (QED) is 0.754. The minimum absolute atomic E-state index is 0.119. The van der Waals surface area contributed by atoms with Crippen molar-refractivity contribution < 1.29 is 14.7 Å². The molecule has 1 saturated carbocycles. The Kier molecular flexibility index (Phi) is 4.77. The maximum atomic E-state index is 11.6. The van der Waals surface area contributed by atoms with Crippen LogP contribution in [0, 0.1) is 5.41 Å². The third kappa shape index (κ3) is 3.22. The summed E-state index contributed by atoms with van der Waals surface area (Å²) in [4.78, 5) is 22.9. The molecule has 0 spiro atoms. The zero-order valence-electron chi connectivity index (χ0n) is 9.92. The van der Waals surface area contributed by atoms with Crippen molar-refractivity contribution in [2.75, 3.05) is 6.54 Å². The molecule has 4 heteroatoms. The van der Waals surface area contributed by atoms with Crippen molar-refractivity contribution in [3.8, 4) is 0 Å². The Balaban J connectivity index is 2.56. The molecule has 0 aromatic heterocycles. The molecular weight excluding hydrogens is 206 g/mol. The molecule has 4 nitrogen and oxygen atoms in total. The highest BCUT2D eigenvalue weighted by molar-refractivity contribution is 5.85. The molecule has 1 aliphatic carbocycles. The van der Waals surface area contributed by atoms with Crippen LogP contribution < -0.4 is 5.32 Å². The number of carboxylic acid groups (broad SMARTS) is 1. The van der Waals surface area contributed by atoms with Gasteiger partial charge in [0, 0.05) is 13.0 Å². The molecule has 0 bridgehead atoms. The third-order valence-electron chi connectivity index (χ3n) is 3.34. The average molecular weight is 227 g/mol. The Labute approximate surface area is 96.4 Å². The molecule has 2 N–H and O–H groups in total. The predicted octanol–water partition coefficient (Wildman–Crippen LogP) is 1.94. The average Bonchev–Trinajstić information content (AvgIpc) is 2.27. The van der Waals surface area contributed by atoms with E-state index in [4.69, 9.17) is 0 Å². The molecule has 0 aromatic rings. The summed E-state index contributed by atoms with van der Waals surface area (Å²) in [6.45, 7) is 2.61. The van der Waals surface area contributed by atoms with Gasteiger partial charge in [-0.1, -0.05) is 26.2 Å². The van der Waals surface area contributed by atoms with Gasteiger partial charge in [0.1, 0.15) is 0 Å². The highest BCUT2D eigenvalue weighted by Crippen LogP contribution is 2.39. The number of hydrogen-bond donors (Lipinski definition) is 2. The number of nitrogens with one attached hydrogen (secondary N) is 1. The van der Waals surface area contributed by atoms with E-state index in [1.165, 1.54) is 0 Å². The van der Waals surface area contributed by atoms with Crippen molar-refractivity contribution in [3.63, 3.8) is 0 Å². The number of amides is 1. The van der Waals surface area contributed by atoms with Gasteiger partial charge in [-0.15, -0.1) is 0 Å². The van der Waals surface area contributed by atoms with E-state index in [1.807, 2.05) is 6.92 Å². The van der Waals surface area contributed by atoms with Gasteiger partial charge in [0.15, 0.2) is 0 Å². The van der Waals surface area contributed by atoms with Gasteiger partial charge in [0.05, 0.1) is 5.41 Å². The summed E-state index contributed by atoms with van der Waals surface area (Å²) < 4.78 is 0. The summed E-state index contributed by atoms with van der Waals surface area (Å²) >= 11 is 0. The smallest absolute Gasteiger partial charge is 0.310 e. The highest BCUT2D eigenvalue weighted by Gasteiger charge is 2.41. The van der Waals surface area contributed by atoms with Gasteiger partial charge in [-0.05, 0) is 19.3 Å².